The molecule has 5 heteroatoms. The molecule has 0 atom stereocenters. The number of hydrogen-bond donors (Lipinski definition) is 2. The molecule has 0 bridgehead atoms. The SMILES string of the molecule is CCCc1cc(NC(=O)CBr)n[nH]1. The van der Waals surface area contributed by atoms with Crippen LogP contribution in [0.3, 0.4) is 0 Å². The third-order valence-electron chi connectivity index (χ3n) is 1.54. The summed E-state index contributed by atoms with van der Waals surface area (Å²) >= 11 is 3.06. The molecule has 0 saturated carbocycles. The Labute approximate surface area is 85.2 Å². The van der Waals surface area contributed by atoms with E-state index in [9.17, 15) is 4.79 Å². The highest BCUT2D eigenvalue weighted by Crippen LogP contribution is 2.07. The summed E-state index contributed by atoms with van der Waals surface area (Å²) in [7, 11) is 0. The minimum Gasteiger partial charge on any atom is -0.308 e. The van der Waals surface area contributed by atoms with Crippen LogP contribution in [0, 0.1) is 0 Å². The Morgan fingerprint density at radius 3 is 3.15 bits per heavy atom. The van der Waals surface area contributed by atoms with Gasteiger partial charge in [-0.15, -0.1) is 0 Å². The Kier molecular flexibility index (Phi) is 3.95. The number of amides is 1. The zero-order valence-electron chi connectivity index (χ0n) is 7.43. The van der Waals surface area contributed by atoms with Crippen molar-refractivity contribution in [2.45, 2.75) is 19.8 Å². The zero-order valence-corrected chi connectivity index (χ0v) is 9.02. The predicted octanol–water partition coefficient (Wildman–Crippen LogP) is 1.70. The van der Waals surface area contributed by atoms with Gasteiger partial charge in [-0.1, -0.05) is 29.3 Å². The van der Waals surface area contributed by atoms with Gasteiger partial charge in [-0.2, -0.15) is 5.10 Å². The Hall–Kier alpha value is -0.840. The second-order valence-corrected chi connectivity index (χ2v) is 3.27. The van der Waals surface area contributed by atoms with Gasteiger partial charge in [-0.25, -0.2) is 0 Å². The van der Waals surface area contributed by atoms with Gasteiger partial charge >= 0.3 is 0 Å². The highest BCUT2D eigenvalue weighted by molar-refractivity contribution is 9.09. The van der Waals surface area contributed by atoms with Gasteiger partial charge in [0.25, 0.3) is 0 Å². The second kappa shape index (κ2) is 5.01. The first-order valence-electron chi connectivity index (χ1n) is 4.16. The van der Waals surface area contributed by atoms with Crippen LogP contribution in [0.2, 0.25) is 0 Å². The van der Waals surface area contributed by atoms with Gasteiger partial charge in [0.2, 0.25) is 5.91 Å². The Morgan fingerprint density at radius 1 is 1.77 bits per heavy atom. The number of nitrogens with one attached hydrogen (secondary N) is 2. The number of carbonyl (C=O) groups excluding carboxylic acids is 1. The number of rotatable bonds is 4. The Bertz CT molecular complexity index is 285. The predicted molar refractivity (Wildman–Crippen MR) is 55.0 cm³/mol. The summed E-state index contributed by atoms with van der Waals surface area (Å²) in [5.41, 5.74) is 1.05. The minimum atomic E-state index is -0.0884. The number of carbonyl (C=O) groups is 1. The molecule has 1 amide bonds. The monoisotopic (exact) mass is 245 g/mol. The van der Waals surface area contributed by atoms with E-state index >= 15 is 0 Å². The van der Waals surface area contributed by atoms with Crippen molar-refractivity contribution in [2.75, 3.05) is 10.6 Å². The second-order valence-electron chi connectivity index (χ2n) is 2.71. The zero-order chi connectivity index (χ0) is 9.68. The molecule has 2 N–H and O–H groups in total. The number of alkyl halides is 1. The van der Waals surface area contributed by atoms with Crippen molar-refractivity contribution >= 4 is 27.7 Å². The molecule has 1 aromatic rings. The molecule has 0 saturated heterocycles. The fraction of sp³-hybridized carbons (Fsp3) is 0.500. The standard InChI is InChI=1S/C8H12BrN3O/c1-2-3-6-4-7(12-11-6)10-8(13)5-9/h4H,2-3,5H2,1H3,(H2,10,11,12,13). The molecule has 1 heterocycles. The van der Waals surface area contributed by atoms with Gasteiger partial charge < -0.3 is 5.32 Å². The van der Waals surface area contributed by atoms with E-state index in [1.54, 1.807) is 0 Å². The molecule has 0 aliphatic carbocycles. The molecule has 0 aliphatic heterocycles. The molecule has 1 rings (SSSR count). The van der Waals surface area contributed by atoms with Crippen molar-refractivity contribution in [2.24, 2.45) is 0 Å². The van der Waals surface area contributed by atoms with Crippen LogP contribution in [0.15, 0.2) is 6.07 Å². The van der Waals surface area contributed by atoms with Gasteiger partial charge in [0.15, 0.2) is 5.82 Å². The molecule has 0 fully saturated rings. The third kappa shape index (κ3) is 3.18. The first-order valence-corrected chi connectivity index (χ1v) is 5.28. The van der Waals surface area contributed by atoms with E-state index in [-0.39, 0.29) is 5.91 Å². The van der Waals surface area contributed by atoms with Crippen LogP contribution in [0.4, 0.5) is 5.82 Å². The lowest BCUT2D eigenvalue weighted by Crippen LogP contribution is -2.12. The summed E-state index contributed by atoms with van der Waals surface area (Å²) < 4.78 is 0. The van der Waals surface area contributed by atoms with Crippen LogP contribution >= 0.6 is 15.9 Å². The average molecular weight is 246 g/mol. The Morgan fingerprint density at radius 2 is 2.54 bits per heavy atom. The molecular weight excluding hydrogens is 234 g/mol. The summed E-state index contributed by atoms with van der Waals surface area (Å²) in [6.07, 6.45) is 2.02. The van der Waals surface area contributed by atoms with Crippen molar-refractivity contribution in [3.05, 3.63) is 11.8 Å². The maximum absolute atomic E-state index is 10.9. The number of hydrogen-bond acceptors (Lipinski definition) is 2. The van der Waals surface area contributed by atoms with Crippen LogP contribution < -0.4 is 5.32 Å². The van der Waals surface area contributed by atoms with Gasteiger partial charge in [0, 0.05) is 11.8 Å². The molecule has 4 nitrogen and oxygen atoms in total. The lowest BCUT2D eigenvalue weighted by Gasteiger charge is -1.94. The van der Waals surface area contributed by atoms with E-state index in [1.807, 2.05) is 6.07 Å². The fourth-order valence-electron chi connectivity index (χ4n) is 0.999. The summed E-state index contributed by atoms with van der Waals surface area (Å²) in [5, 5.41) is 9.74. The smallest absolute Gasteiger partial charge is 0.236 e. The molecule has 0 unspecified atom stereocenters. The van der Waals surface area contributed by atoms with Crippen molar-refractivity contribution in [1.29, 1.82) is 0 Å². The van der Waals surface area contributed by atoms with Crippen LogP contribution in [-0.2, 0) is 11.2 Å². The largest absolute Gasteiger partial charge is 0.308 e. The molecule has 72 valence electrons. The molecular formula is C8H12BrN3O. The van der Waals surface area contributed by atoms with E-state index in [0.29, 0.717) is 11.1 Å². The third-order valence-corrected chi connectivity index (χ3v) is 2.05. The number of aromatic amines is 1. The lowest BCUT2D eigenvalue weighted by molar-refractivity contribution is -0.113. The summed E-state index contributed by atoms with van der Waals surface area (Å²) in [6.45, 7) is 2.09. The summed E-state index contributed by atoms with van der Waals surface area (Å²) in [4.78, 5) is 10.9. The number of H-pyrrole nitrogens is 1. The van der Waals surface area contributed by atoms with Crippen LogP contribution in [0.1, 0.15) is 19.0 Å². The maximum atomic E-state index is 10.9. The number of halogens is 1. The molecule has 0 spiro atoms. The molecule has 0 aliphatic rings. The molecule has 13 heavy (non-hydrogen) atoms. The van der Waals surface area contributed by atoms with Crippen LogP contribution in [-0.4, -0.2) is 21.4 Å². The number of anilines is 1. The summed E-state index contributed by atoms with van der Waals surface area (Å²) in [6, 6.07) is 1.85. The topological polar surface area (TPSA) is 57.8 Å². The van der Waals surface area contributed by atoms with E-state index in [0.717, 1.165) is 18.5 Å². The van der Waals surface area contributed by atoms with Gasteiger partial charge in [0.05, 0.1) is 5.33 Å². The van der Waals surface area contributed by atoms with Gasteiger partial charge in [-0.3, -0.25) is 9.89 Å². The van der Waals surface area contributed by atoms with Crippen LogP contribution in [0.25, 0.3) is 0 Å². The van der Waals surface area contributed by atoms with Crippen molar-refractivity contribution < 1.29 is 4.79 Å². The van der Waals surface area contributed by atoms with Crippen molar-refractivity contribution in [1.82, 2.24) is 10.2 Å². The molecule has 0 aromatic carbocycles. The van der Waals surface area contributed by atoms with E-state index in [2.05, 4.69) is 38.4 Å². The lowest BCUT2D eigenvalue weighted by atomic mass is 10.2. The minimum absolute atomic E-state index is 0.0884. The quantitative estimate of drug-likeness (QED) is 0.794. The maximum Gasteiger partial charge on any atom is 0.236 e. The van der Waals surface area contributed by atoms with E-state index in [4.69, 9.17) is 0 Å². The number of nitrogens with zero attached hydrogens (tertiary/aromatic N) is 1. The molecule has 1 aromatic heterocycles. The first-order chi connectivity index (χ1) is 6.26. The molecule has 0 radical (unpaired) electrons. The van der Waals surface area contributed by atoms with E-state index in [1.165, 1.54) is 0 Å². The van der Waals surface area contributed by atoms with Crippen molar-refractivity contribution in [3.63, 3.8) is 0 Å². The highest BCUT2D eigenvalue weighted by atomic mass is 79.9. The van der Waals surface area contributed by atoms with Gasteiger partial charge in [-0.05, 0) is 6.42 Å². The Balaban J connectivity index is 2.53. The fourth-order valence-corrected chi connectivity index (χ4v) is 1.14. The number of aryl methyl sites for hydroxylation is 1. The average Bonchev–Trinajstić information content (AvgIpc) is 2.53. The van der Waals surface area contributed by atoms with E-state index < -0.39 is 0 Å². The van der Waals surface area contributed by atoms with Crippen LogP contribution in [0.5, 0.6) is 0 Å². The van der Waals surface area contributed by atoms with Gasteiger partial charge in [0.1, 0.15) is 0 Å². The summed E-state index contributed by atoms with van der Waals surface area (Å²) in [5.74, 6) is 0.502. The normalized spacial score (nSPS) is 10.0. The first kappa shape index (κ1) is 10.2. The van der Waals surface area contributed by atoms with Crippen molar-refractivity contribution in [3.8, 4) is 0 Å². The number of aromatic nitrogens is 2. The highest BCUT2D eigenvalue weighted by Gasteiger charge is 2.03.